The van der Waals surface area contributed by atoms with Crippen LogP contribution in [0.3, 0.4) is 0 Å². The van der Waals surface area contributed by atoms with Crippen LogP contribution >= 0.6 is 15.9 Å². The molecular weight excluding hydrogens is 315 g/mol. The molecule has 0 unspecified atom stereocenters. The lowest BCUT2D eigenvalue weighted by Gasteiger charge is -2.11. The zero-order valence-electron chi connectivity index (χ0n) is 9.94. The second kappa shape index (κ2) is 6.33. The van der Waals surface area contributed by atoms with Crippen LogP contribution in [-0.2, 0) is 17.8 Å². The van der Waals surface area contributed by atoms with Crippen molar-refractivity contribution in [2.75, 3.05) is 19.5 Å². The number of halogens is 4. The molecule has 8 heteroatoms. The Morgan fingerprint density at radius 2 is 2.00 bits per heavy atom. The Morgan fingerprint density at radius 3 is 2.50 bits per heavy atom. The number of hydrogen-bond acceptors (Lipinski definition) is 4. The van der Waals surface area contributed by atoms with E-state index < -0.39 is 12.6 Å². The van der Waals surface area contributed by atoms with Crippen LogP contribution in [0.4, 0.5) is 19.0 Å². The second-order valence-corrected chi connectivity index (χ2v) is 4.34. The Labute approximate surface area is 111 Å². The summed E-state index contributed by atoms with van der Waals surface area (Å²) in [4.78, 5) is 8.06. The summed E-state index contributed by atoms with van der Waals surface area (Å²) >= 11 is 3.28. The Bertz CT molecular complexity index is 412. The van der Waals surface area contributed by atoms with Crippen LogP contribution in [0.2, 0.25) is 0 Å². The highest BCUT2D eigenvalue weighted by atomic mass is 79.9. The highest BCUT2D eigenvalue weighted by molar-refractivity contribution is 9.10. The van der Waals surface area contributed by atoms with Gasteiger partial charge in [0.25, 0.3) is 0 Å². The lowest BCUT2D eigenvalue weighted by atomic mass is 10.2. The first kappa shape index (κ1) is 15.2. The maximum absolute atomic E-state index is 12.1. The molecule has 0 aliphatic rings. The second-order valence-electron chi connectivity index (χ2n) is 3.55. The van der Waals surface area contributed by atoms with Gasteiger partial charge in [-0.3, -0.25) is 0 Å². The minimum Gasteiger partial charge on any atom is -0.378 e. The van der Waals surface area contributed by atoms with E-state index in [1.807, 2.05) is 0 Å². The van der Waals surface area contributed by atoms with Crippen LogP contribution < -0.4 is 5.32 Å². The van der Waals surface area contributed by atoms with Gasteiger partial charge < -0.3 is 10.1 Å². The monoisotopic (exact) mass is 327 g/mol. The number of anilines is 1. The van der Waals surface area contributed by atoms with Gasteiger partial charge in [-0.05, 0) is 15.9 Å². The van der Waals surface area contributed by atoms with Gasteiger partial charge in [0.2, 0.25) is 0 Å². The average molecular weight is 328 g/mol. The fourth-order valence-corrected chi connectivity index (χ4v) is 1.80. The van der Waals surface area contributed by atoms with E-state index in [0.717, 1.165) is 0 Å². The van der Waals surface area contributed by atoms with E-state index >= 15 is 0 Å². The number of rotatable bonds is 5. The number of nitrogens with zero attached hydrogens (tertiary/aromatic N) is 2. The molecule has 18 heavy (non-hydrogen) atoms. The molecule has 1 rings (SSSR count). The summed E-state index contributed by atoms with van der Waals surface area (Å²) in [5, 5.41) is 2.80. The lowest BCUT2D eigenvalue weighted by Crippen LogP contribution is -2.12. The third-order valence-corrected chi connectivity index (χ3v) is 2.95. The summed E-state index contributed by atoms with van der Waals surface area (Å²) in [6, 6.07) is 0. The highest BCUT2D eigenvalue weighted by Gasteiger charge is 2.27. The predicted molar refractivity (Wildman–Crippen MR) is 64.4 cm³/mol. The maximum atomic E-state index is 12.1. The smallest absolute Gasteiger partial charge is 0.378 e. The highest BCUT2D eigenvalue weighted by Crippen LogP contribution is 2.26. The lowest BCUT2D eigenvalue weighted by molar-refractivity contribution is -0.134. The number of hydrogen-bond donors (Lipinski definition) is 1. The Hall–Kier alpha value is -0.890. The van der Waals surface area contributed by atoms with E-state index in [-0.39, 0.29) is 18.9 Å². The molecule has 1 N–H and O–H groups in total. The maximum Gasteiger partial charge on any atom is 0.389 e. The first-order valence-corrected chi connectivity index (χ1v) is 5.95. The van der Waals surface area contributed by atoms with Gasteiger partial charge >= 0.3 is 6.18 Å². The summed E-state index contributed by atoms with van der Waals surface area (Å²) in [6.45, 7) is 0.205. The standard InChI is InChI=1S/C10H13BrF3N3O/c1-15-9-8(11)6(5-18-2)16-7(17-9)3-4-10(12,13)14/h3-5H2,1-2H3,(H,15,16,17). The summed E-state index contributed by atoms with van der Waals surface area (Å²) in [6.07, 6.45) is -5.40. The molecule has 1 aromatic rings. The van der Waals surface area contributed by atoms with Gasteiger partial charge in [-0.25, -0.2) is 9.97 Å². The quantitative estimate of drug-likeness (QED) is 0.903. The number of aryl methyl sites for hydroxylation is 1. The van der Waals surface area contributed by atoms with Crippen molar-refractivity contribution in [1.29, 1.82) is 0 Å². The van der Waals surface area contributed by atoms with E-state index in [0.29, 0.717) is 16.0 Å². The number of methoxy groups -OCH3 is 1. The summed E-state index contributed by atoms with van der Waals surface area (Å²) in [5.41, 5.74) is 0.522. The van der Waals surface area contributed by atoms with Crippen molar-refractivity contribution < 1.29 is 17.9 Å². The van der Waals surface area contributed by atoms with Gasteiger partial charge in [-0.2, -0.15) is 13.2 Å². The SMILES string of the molecule is CNc1nc(CCC(F)(F)F)nc(COC)c1Br. The zero-order chi connectivity index (χ0) is 13.8. The molecule has 1 aromatic heterocycles. The molecule has 1 heterocycles. The molecule has 0 aliphatic heterocycles. The van der Waals surface area contributed by atoms with Crippen LogP contribution in [0.25, 0.3) is 0 Å². The fourth-order valence-electron chi connectivity index (χ4n) is 1.31. The molecule has 0 fully saturated rings. The van der Waals surface area contributed by atoms with Gasteiger partial charge in [0.15, 0.2) is 0 Å². The molecule has 0 amide bonds. The van der Waals surface area contributed by atoms with Crippen molar-refractivity contribution >= 4 is 21.7 Å². The molecule has 0 saturated heterocycles. The van der Waals surface area contributed by atoms with Gasteiger partial charge in [0, 0.05) is 20.6 Å². The number of alkyl halides is 3. The predicted octanol–water partition coefficient (Wildman–Crippen LogP) is 2.92. The Kier molecular flexibility index (Phi) is 5.33. The molecular formula is C10H13BrF3N3O. The van der Waals surface area contributed by atoms with Gasteiger partial charge in [0.1, 0.15) is 11.6 Å². The average Bonchev–Trinajstić information content (AvgIpc) is 2.29. The summed E-state index contributed by atoms with van der Waals surface area (Å²) < 4.78 is 42.0. The van der Waals surface area contributed by atoms with Gasteiger partial charge in [-0.15, -0.1) is 0 Å². The molecule has 0 bridgehead atoms. The molecule has 0 spiro atoms. The van der Waals surface area contributed by atoms with Crippen molar-refractivity contribution in [3.05, 3.63) is 16.0 Å². The number of aromatic nitrogens is 2. The number of nitrogens with one attached hydrogen (secondary N) is 1. The fraction of sp³-hybridized carbons (Fsp3) is 0.600. The Morgan fingerprint density at radius 1 is 1.33 bits per heavy atom. The van der Waals surface area contributed by atoms with Gasteiger partial charge in [-0.1, -0.05) is 0 Å². The molecule has 0 aliphatic carbocycles. The third kappa shape index (κ3) is 4.41. The molecule has 4 nitrogen and oxygen atoms in total. The minimum absolute atomic E-state index is 0.145. The van der Waals surface area contributed by atoms with E-state index in [9.17, 15) is 13.2 Å². The molecule has 0 saturated carbocycles. The molecule has 0 radical (unpaired) electrons. The largest absolute Gasteiger partial charge is 0.389 e. The summed E-state index contributed by atoms with van der Waals surface area (Å²) in [5.74, 6) is 0.598. The van der Waals surface area contributed by atoms with Crippen molar-refractivity contribution in [3.8, 4) is 0 Å². The van der Waals surface area contributed by atoms with Crippen LogP contribution in [-0.4, -0.2) is 30.3 Å². The summed E-state index contributed by atoms with van der Waals surface area (Å²) in [7, 11) is 3.13. The van der Waals surface area contributed by atoms with Gasteiger partial charge in [0.05, 0.1) is 23.2 Å². The zero-order valence-corrected chi connectivity index (χ0v) is 11.5. The van der Waals surface area contributed by atoms with E-state index in [1.54, 1.807) is 7.05 Å². The first-order chi connectivity index (χ1) is 8.37. The molecule has 0 aromatic carbocycles. The van der Waals surface area contributed by atoms with Crippen molar-refractivity contribution in [2.45, 2.75) is 25.6 Å². The first-order valence-electron chi connectivity index (χ1n) is 5.16. The topological polar surface area (TPSA) is 47.0 Å². The normalized spacial score (nSPS) is 11.7. The van der Waals surface area contributed by atoms with Crippen molar-refractivity contribution in [1.82, 2.24) is 9.97 Å². The minimum atomic E-state index is -4.21. The van der Waals surface area contributed by atoms with E-state index in [2.05, 4.69) is 31.2 Å². The Balaban J connectivity index is 2.95. The van der Waals surface area contributed by atoms with Crippen LogP contribution in [0.5, 0.6) is 0 Å². The van der Waals surface area contributed by atoms with E-state index in [1.165, 1.54) is 7.11 Å². The molecule has 0 atom stereocenters. The molecule has 102 valence electrons. The van der Waals surface area contributed by atoms with Crippen molar-refractivity contribution in [3.63, 3.8) is 0 Å². The number of ether oxygens (including phenoxy) is 1. The third-order valence-electron chi connectivity index (χ3n) is 2.12. The van der Waals surface area contributed by atoms with Crippen LogP contribution in [0, 0.1) is 0 Å². The van der Waals surface area contributed by atoms with Crippen LogP contribution in [0.15, 0.2) is 4.47 Å². The van der Waals surface area contributed by atoms with E-state index in [4.69, 9.17) is 4.74 Å². The van der Waals surface area contributed by atoms with Crippen LogP contribution in [0.1, 0.15) is 17.9 Å². The van der Waals surface area contributed by atoms with Crippen molar-refractivity contribution in [2.24, 2.45) is 0 Å².